The number of sulfonamides is 1. The minimum Gasteiger partial charge on any atom is -0.493 e. The lowest BCUT2D eigenvalue weighted by Crippen LogP contribution is -2.39. The summed E-state index contributed by atoms with van der Waals surface area (Å²) in [5.74, 6) is 0.388. The highest BCUT2D eigenvalue weighted by Crippen LogP contribution is 2.28. The van der Waals surface area contributed by atoms with E-state index < -0.39 is 22.5 Å². The monoisotopic (exact) mass is 513 g/mol. The molecule has 1 N–H and O–H groups in total. The number of ether oxygens (including phenoxy) is 2. The van der Waals surface area contributed by atoms with Crippen LogP contribution in [0, 0.1) is 0 Å². The topological polar surface area (TPSA) is 97.3 Å². The molecule has 0 spiro atoms. The van der Waals surface area contributed by atoms with Crippen molar-refractivity contribution in [3.63, 3.8) is 0 Å². The summed E-state index contributed by atoms with van der Waals surface area (Å²) >= 11 is 6.07. The van der Waals surface area contributed by atoms with E-state index in [4.69, 9.17) is 21.1 Å². The first-order chi connectivity index (χ1) is 16.8. The molecular formula is C25H24ClN3O5S. The van der Waals surface area contributed by atoms with Gasteiger partial charge in [0.05, 0.1) is 23.9 Å². The van der Waals surface area contributed by atoms with Crippen molar-refractivity contribution < 1.29 is 22.7 Å². The van der Waals surface area contributed by atoms with Gasteiger partial charge in [0.2, 0.25) is 0 Å². The van der Waals surface area contributed by atoms with Gasteiger partial charge in [-0.3, -0.25) is 9.10 Å². The van der Waals surface area contributed by atoms with E-state index in [1.807, 2.05) is 0 Å². The third kappa shape index (κ3) is 6.84. The third-order valence-electron chi connectivity index (χ3n) is 4.66. The molecule has 3 rings (SSSR count). The maximum Gasteiger partial charge on any atom is 0.264 e. The van der Waals surface area contributed by atoms with Crippen LogP contribution in [-0.4, -0.2) is 40.8 Å². The van der Waals surface area contributed by atoms with Gasteiger partial charge in [-0.25, -0.2) is 13.8 Å². The Morgan fingerprint density at radius 2 is 1.86 bits per heavy atom. The maximum atomic E-state index is 13.3. The molecule has 3 aromatic carbocycles. The molecule has 0 aromatic heterocycles. The summed E-state index contributed by atoms with van der Waals surface area (Å²) in [7, 11) is -2.53. The molecule has 3 aromatic rings. The lowest BCUT2D eigenvalue weighted by atomic mass is 10.2. The van der Waals surface area contributed by atoms with E-state index in [0.29, 0.717) is 28.7 Å². The number of halogens is 1. The lowest BCUT2D eigenvalue weighted by molar-refractivity contribution is -0.119. The fourth-order valence-corrected chi connectivity index (χ4v) is 4.66. The third-order valence-corrected chi connectivity index (χ3v) is 6.69. The Hall–Kier alpha value is -3.82. The zero-order chi connectivity index (χ0) is 25.3. The SMILES string of the molecule is C=CCOc1ccc(/C=N/NC(=O)CN(c2cccc(Cl)c2)S(=O)(=O)c2ccccc2)cc1OC. The second-order valence-corrected chi connectivity index (χ2v) is 9.41. The van der Waals surface area contributed by atoms with Gasteiger partial charge < -0.3 is 9.47 Å². The highest BCUT2D eigenvalue weighted by molar-refractivity contribution is 7.92. The summed E-state index contributed by atoms with van der Waals surface area (Å²) in [6.45, 7) is 3.43. The van der Waals surface area contributed by atoms with Gasteiger partial charge in [-0.1, -0.05) is 48.5 Å². The van der Waals surface area contributed by atoms with E-state index in [0.717, 1.165) is 4.31 Å². The summed E-state index contributed by atoms with van der Waals surface area (Å²) < 4.78 is 38.4. The Morgan fingerprint density at radius 1 is 1.09 bits per heavy atom. The maximum absolute atomic E-state index is 13.3. The van der Waals surface area contributed by atoms with Gasteiger partial charge in [0.1, 0.15) is 13.2 Å². The van der Waals surface area contributed by atoms with Crippen LogP contribution in [0.1, 0.15) is 5.56 Å². The van der Waals surface area contributed by atoms with E-state index in [1.165, 1.54) is 31.5 Å². The van der Waals surface area contributed by atoms with Gasteiger partial charge in [-0.2, -0.15) is 5.10 Å². The molecule has 0 saturated heterocycles. The molecule has 0 heterocycles. The number of hydrogen-bond donors (Lipinski definition) is 1. The summed E-state index contributed by atoms with van der Waals surface area (Å²) in [4.78, 5) is 12.7. The Balaban J connectivity index is 1.77. The predicted octanol–water partition coefficient (Wildman–Crippen LogP) is 4.26. The van der Waals surface area contributed by atoms with Crippen LogP contribution in [0.2, 0.25) is 5.02 Å². The Bertz CT molecular complexity index is 1310. The van der Waals surface area contributed by atoms with Crippen LogP contribution in [0.15, 0.2) is 95.4 Å². The first-order valence-electron chi connectivity index (χ1n) is 10.4. The number of methoxy groups -OCH3 is 1. The smallest absolute Gasteiger partial charge is 0.264 e. The van der Waals surface area contributed by atoms with Crippen molar-refractivity contribution in [3.8, 4) is 11.5 Å². The molecule has 0 aliphatic heterocycles. The van der Waals surface area contributed by atoms with Crippen molar-refractivity contribution in [2.24, 2.45) is 5.10 Å². The van der Waals surface area contributed by atoms with Crippen molar-refractivity contribution in [1.29, 1.82) is 0 Å². The lowest BCUT2D eigenvalue weighted by Gasteiger charge is -2.23. The molecule has 0 aliphatic rings. The normalized spacial score (nSPS) is 11.1. The average Bonchev–Trinajstić information content (AvgIpc) is 2.86. The molecule has 0 aliphatic carbocycles. The molecule has 35 heavy (non-hydrogen) atoms. The van der Waals surface area contributed by atoms with Crippen LogP contribution >= 0.6 is 11.6 Å². The van der Waals surface area contributed by atoms with Crippen LogP contribution < -0.4 is 19.2 Å². The number of nitrogens with zero attached hydrogens (tertiary/aromatic N) is 2. The van der Waals surface area contributed by atoms with Crippen LogP contribution in [0.25, 0.3) is 0 Å². The molecule has 0 radical (unpaired) electrons. The number of carbonyl (C=O) groups excluding carboxylic acids is 1. The molecule has 0 bridgehead atoms. The van der Waals surface area contributed by atoms with Gasteiger partial charge in [-0.15, -0.1) is 0 Å². The van der Waals surface area contributed by atoms with Gasteiger partial charge >= 0.3 is 0 Å². The number of anilines is 1. The Kier molecular flexibility index (Phi) is 8.88. The highest BCUT2D eigenvalue weighted by Gasteiger charge is 2.27. The van der Waals surface area contributed by atoms with Crippen LogP contribution in [0.3, 0.4) is 0 Å². The molecular weight excluding hydrogens is 490 g/mol. The first kappa shape index (κ1) is 25.8. The fraction of sp³-hybridized carbons (Fsp3) is 0.120. The average molecular weight is 514 g/mol. The number of hydrazone groups is 1. The van der Waals surface area contributed by atoms with Gasteiger partial charge in [-0.05, 0) is 54.1 Å². The van der Waals surface area contributed by atoms with Crippen molar-refractivity contribution in [1.82, 2.24) is 5.43 Å². The quantitative estimate of drug-likeness (QED) is 0.235. The van der Waals surface area contributed by atoms with Crippen molar-refractivity contribution in [3.05, 3.63) is 96.0 Å². The van der Waals surface area contributed by atoms with Gasteiger partial charge in [0.15, 0.2) is 11.5 Å². The van der Waals surface area contributed by atoms with E-state index in [-0.39, 0.29) is 10.6 Å². The van der Waals surface area contributed by atoms with Gasteiger partial charge in [0.25, 0.3) is 15.9 Å². The Labute approximate surface area is 209 Å². The van der Waals surface area contributed by atoms with Crippen molar-refractivity contribution >= 4 is 39.4 Å². The second kappa shape index (κ2) is 12.0. The van der Waals surface area contributed by atoms with E-state index >= 15 is 0 Å². The molecule has 0 saturated carbocycles. The molecule has 1 amide bonds. The molecule has 0 atom stereocenters. The summed E-state index contributed by atoms with van der Waals surface area (Å²) in [6, 6.07) is 19.2. The van der Waals surface area contributed by atoms with E-state index in [9.17, 15) is 13.2 Å². The van der Waals surface area contributed by atoms with Crippen molar-refractivity contribution in [2.45, 2.75) is 4.90 Å². The first-order valence-corrected chi connectivity index (χ1v) is 12.2. The van der Waals surface area contributed by atoms with Crippen LogP contribution in [0.4, 0.5) is 5.69 Å². The van der Waals surface area contributed by atoms with Gasteiger partial charge in [0, 0.05) is 5.02 Å². The van der Waals surface area contributed by atoms with E-state index in [2.05, 4.69) is 17.1 Å². The standard InChI is InChI=1S/C25H24ClN3O5S/c1-3-14-34-23-13-12-19(15-24(23)33-2)17-27-28-25(30)18-29(21-9-7-8-20(26)16-21)35(31,32)22-10-5-4-6-11-22/h3-13,15-17H,1,14,18H2,2H3,(H,28,30)/b27-17+. The summed E-state index contributed by atoms with van der Waals surface area (Å²) in [6.07, 6.45) is 3.03. The number of hydrogen-bond acceptors (Lipinski definition) is 6. The van der Waals surface area contributed by atoms with Crippen molar-refractivity contribution in [2.75, 3.05) is 24.6 Å². The number of carbonyl (C=O) groups is 1. The number of amides is 1. The fourth-order valence-electron chi connectivity index (χ4n) is 3.04. The van der Waals surface area contributed by atoms with Crippen LogP contribution in [-0.2, 0) is 14.8 Å². The number of nitrogens with one attached hydrogen (secondary N) is 1. The molecule has 0 unspecified atom stereocenters. The van der Waals surface area contributed by atoms with Crippen LogP contribution in [0.5, 0.6) is 11.5 Å². The summed E-state index contributed by atoms with van der Waals surface area (Å²) in [5.41, 5.74) is 3.25. The summed E-state index contributed by atoms with van der Waals surface area (Å²) in [5, 5.41) is 4.28. The zero-order valence-corrected chi connectivity index (χ0v) is 20.5. The largest absolute Gasteiger partial charge is 0.493 e. The minimum atomic E-state index is -4.04. The highest BCUT2D eigenvalue weighted by atomic mass is 35.5. The zero-order valence-electron chi connectivity index (χ0n) is 18.9. The Morgan fingerprint density at radius 3 is 2.54 bits per heavy atom. The van der Waals surface area contributed by atoms with E-state index in [1.54, 1.807) is 60.7 Å². The predicted molar refractivity (Wildman–Crippen MR) is 137 cm³/mol. The molecule has 182 valence electrons. The number of benzene rings is 3. The second-order valence-electron chi connectivity index (χ2n) is 7.11. The molecule has 10 heteroatoms. The minimum absolute atomic E-state index is 0.0436. The molecule has 0 fully saturated rings. The molecule has 8 nitrogen and oxygen atoms in total. The number of rotatable bonds is 11.